The predicted octanol–water partition coefficient (Wildman–Crippen LogP) is 1.86. The molecule has 1 aromatic rings. The zero-order valence-corrected chi connectivity index (χ0v) is 12.3. The highest BCUT2D eigenvalue weighted by atomic mass is 16.4. The maximum atomic E-state index is 12.4. The number of rotatable bonds is 4. The first-order valence-electron chi connectivity index (χ1n) is 7.34. The summed E-state index contributed by atoms with van der Waals surface area (Å²) in [5.74, 6) is -0.780. The molecule has 0 radical (unpaired) electrons. The van der Waals surface area contributed by atoms with Gasteiger partial charge in [-0.3, -0.25) is 9.59 Å². The average Bonchev–Trinajstić information content (AvgIpc) is 2.54. The fourth-order valence-corrected chi connectivity index (χ4v) is 2.82. The van der Waals surface area contributed by atoms with Crippen molar-refractivity contribution in [3.05, 3.63) is 35.4 Å². The van der Waals surface area contributed by atoms with Gasteiger partial charge in [0.1, 0.15) is 0 Å². The number of carboxylic acid groups (broad SMARTS) is 1. The van der Waals surface area contributed by atoms with Crippen LogP contribution in [0.15, 0.2) is 24.3 Å². The molecule has 1 fully saturated rings. The number of hydrogen-bond donors (Lipinski definition) is 2. The normalized spacial score (nSPS) is 17.5. The number of hydrogen-bond acceptors (Lipinski definition) is 3. The Hall–Kier alpha value is -1.88. The molecule has 5 nitrogen and oxygen atoms in total. The molecule has 0 saturated carbocycles. The zero-order chi connectivity index (χ0) is 15.5. The number of carboxylic acids is 1. The first-order chi connectivity index (χ1) is 10.0. The van der Waals surface area contributed by atoms with E-state index >= 15 is 0 Å². The van der Waals surface area contributed by atoms with Crippen LogP contribution < -0.4 is 5.73 Å². The lowest BCUT2D eigenvalue weighted by Crippen LogP contribution is -2.46. The lowest BCUT2D eigenvalue weighted by atomic mass is 9.76. The van der Waals surface area contributed by atoms with Gasteiger partial charge in [0.2, 0.25) is 0 Å². The first kappa shape index (κ1) is 15.5. The summed E-state index contributed by atoms with van der Waals surface area (Å²) in [6.45, 7) is 3.35. The summed E-state index contributed by atoms with van der Waals surface area (Å²) < 4.78 is 0. The molecule has 114 valence electrons. The van der Waals surface area contributed by atoms with E-state index in [-0.39, 0.29) is 5.91 Å². The Labute approximate surface area is 124 Å². The molecule has 1 aliphatic rings. The lowest BCUT2D eigenvalue weighted by molar-refractivity contribution is -0.152. The molecule has 2 rings (SSSR count). The molecule has 0 atom stereocenters. The van der Waals surface area contributed by atoms with Crippen LogP contribution in [-0.2, 0) is 11.3 Å². The van der Waals surface area contributed by atoms with Crippen molar-refractivity contribution in [2.45, 2.75) is 32.7 Å². The van der Waals surface area contributed by atoms with Crippen molar-refractivity contribution >= 4 is 11.9 Å². The SMILES string of the molecule is CCC1(C(=O)O)CCN(C(=O)c2ccc(CN)cc2)CC1. The van der Waals surface area contributed by atoms with Gasteiger partial charge >= 0.3 is 5.97 Å². The van der Waals surface area contributed by atoms with Gasteiger partial charge in [0.15, 0.2) is 0 Å². The smallest absolute Gasteiger partial charge is 0.309 e. The summed E-state index contributed by atoms with van der Waals surface area (Å²) in [4.78, 5) is 25.6. The quantitative estimate of drug-likeness (QED) is 0.886. The molecular formula is C16H22N2O3. The third-order valence-electron chi connectivity index (χ3n) is 4.57. The number of carbonyl (C=O) groups excluding carboxylic acids is 1. The summed E-state index contributed by atoms with van der Waals surface area (Å²) in [7, 11) is 0. The van der Waals surface area contributed by atoms with Crippen molar-refractivity contribution in [3.8, 4) is 0 Å². The monoisotopic (exact) mass is 290 g/mol. The molecule has 1 saturated heterocycles. The highest BCUT2D eigenvalue weighted by molar-refractivity contribution is 5.94. The van der Waals surface area contributed by atoms with Crippen molar-refractivity contribution in [1.29, 1.82) is 0 Å². The van der Waals surface area contributed by atoms with Crippen molar-refractivity contribution in [2.75, 3.05) is 13.1 Å². The van der Waals surface area contributed by atoms with E-state index < -0.39 is 11.4 Å². The Balaban J connectivity index is 2.04. The van der Waals surface area contributed by atoms with Crippen LogP contribution in [0.3, 0.4) is 0 Å². The molecule has 1 heterocycles. The Morgan fingerprint density at radius 1 is 1.24 bits per heavy atom. The third-order valence-corrected chi connectivity index (χ3v) is 4.57. The highest BCUT2D eigenvalue weighted by Gasteiger charge is 2.40. The molecule has 0 unspecified atom stereocenters. The van der Waals surface area contributed by atoms with Gasteiger partial charge in [-0.15, -0.1) is 0 Å². The number of piperidine rings is 1. The second-order valence-corrected chi connectivity index (χ2v) is 5.63. The summed E-state index contributed by atoms with van der Waals surface area (Å²) in [6, 6.07) is 7.27. The zero-order valence-electron chi connectivity index (χ0n) is 12.3. The molecule has 0 bridgehead atoms. The van der Waals surface area contributed by atoms with E-state index in [2.05, 4.69) is 0 Å². The largest absolute Gasteiger partial charge is 0.481 e. The van der Waals surface area contributed by atoms with Crippen LogP contribution in [0.2, 0.25) is 0 Å². The molecule has 21 heavy (non-hydrogen) atoms. The number of carbonyl (C=O) groups is 2. The Kier molecular flexibility index (Phi) is 4.63. The average molecular weight is 290 g/mol. The van der Waals surface area contributed by atoms with Crippen LogP contribution in [0.25, 0.3) is 0 Å². The molecule has 0 aliphatic carbocycles. The molecule has 5 heteroatoms. The van der Waals surface area contributed by atoms with Crippen LogP contribution in [0.1, 0.15) is 42.1 Å². The number of nitrogens with two attached hydrogens (primary N) is 1. The van der Waals surface area contributed by atoms with Crippen LogP contribution in [0, 0.1) is 5.41 Å². The fraction of sp³-hybridized carbons (Fsp3) is 0.500. The molecule has 1 aromatic carbocycles. The first-order valence-corrected chi connectivity index (χ1v) is 7.34. The number of benzene rings is 1. The molecular weight excluding hydrogens is 268 g/mol. The van der Waals surface area contributed by atoms with Gasteiger partial charge in [-0.05, 0) is 37.0 Å². The van der Waals surface area contributed by atoms with Crippen LogP contribution in [0.5, 0.6) is 0 Å². The van der Waals surface area contributed by atoms with Gasteiger partial charge in [0, 0.05) is 25.2 Å². The maximum absolute atomic E-state index is 12.4. The van der Waals surface area contributed by atoms with Gasteiger partial charge in [0.25, 0.3) is 5.91 Å². The molecule has 0 spiro atoms. The van der Waals surface area contributed by atoms with Crippen molar-refractivity contribution in [2.24, 2.45) is 11.1 Å². The molecule has 0 aromatic heterocycles. The minimum absolute atomic E-state index is 0.0336. The van der Waals surface area contributed by atoms with Crippen molar-refractivity contribution in [3.63, 3.8) is 0 Å². The van der Waals surface area contributed by atoms with Gasteiger partial charge in [-0.1, -0.05) is 19.1 Å². The van der Waals surface area contributed by atoms with Gasteiger partial charge in [0.05, 0.1) is 5.41 Å². The Bertz CT molecular complexity index is 517. The summed E-state index contributed by atoms with van der Waals surface area (Å²) >= 11 is 0. The number of nitrogens with zero attached hydrogens (tertiary/aromatic N) is 1. The minimum atomic E-state index is -0.746. The van der Waals surface area contributed by atoms with E-state index in [0.29, 0.717) is 44.5 Å². The predicted molar refractivity (Wildman–Crippen MR) is 79.8 cm³/mol. The van der Waals surface area contributed by atoms with Gasteiger partial charge in [-0.2, -0.15) is 0 Å². The Morgan fingerprint density at radius 2 is 1.81 bits per heavy atom. The van der Waals surface area contributed by atoms with E-state index in [4.69, 9.17) is 5.73 Å². The molecule has 1 amide bonds. The fourth-order valence-electron chi connectivity index (χ4n) is 2.82. The number of amides is 1. The van der Waals surface area contributed by atoms with E-state index in [1.807, 2.05) is 19.1 Å². The van der Waals surface area contributed by atoms with Crippen LogP contribution in [-0.4, -0.2) is 35.0 Å². The summed E-state index contributed by atoms with van der Waals surface area (Å²) in [5.41, 5.74) is 6.49. The van der Waals surface area contributed by atoms with Gasteiger partial charge < -0.3 is 15.7 Å². The highest BCUT2D eigenvalue weighted by Crippen LogP contribution is 2.35. The van der Waals surface area contributed by atoms with E-state index in [0.717, 1.165) is 5.56 Å². The standard InChI is InChI=1S/C16H22N2O3/c1-2-16(15(20)21)7-9-18(10-8-16)14(19)13-5-3-12(11-17)4-6-13/h3-6H,2,7-11,17H2,1H3,(H,20,21). The molecule has 3 N–H and O–H groups in total. The van der Waals surface area contributed by atoms with Crippen LogP contribution >= 0.6 is 0 Å². The van der Waals surface area contributed by atoms with E-state index in [1.165, 1.54) is 0 Å². The topological polar surface area (TPSA) is 83.6 Å². The van der Waals surface area contributed by atoms with Crippen molar-refractivity contribution in [1.82, 2.24) is 4.90 Å². The number of aliphatic carboxylic acids is 1. The van der Waals surface area contributed by atoms with Gasteiger partial charge in [-0.25, -0.2) is 0 Å². The second-order valence-electron chi connectivity index (χ2n) is 5.63. The van der Waals surface area contributed by atoms with E-state index in [1.54, 1.807) is 17.0 Å². The number of likely N-dealkylation sites (tertiary alicyclic amines) is 1. The van der Waals surface area contributed by atoms with Crippen molar-refractivity contribution < 1.29 is 14.7 Å². The lowest BCUT2D eigenvalue weighted by Gasteiger charge is -2.38. The second kappa shape index (κ2) is 6.26. The third kappa shape index (κ3) is 3.08. The van der Waals surface area contributed by atoms with E-state index in [9.17, 15) is 14.7 Å². The summed E-state index contributed by atoms with van der Waals surface area (Å²) in [5, 5.41) is 9.37. The minimum Gasteiger partial charge on any atom is -0.481 e. The Morgan fingerprint density at radius 3 is 2.24 bits per heavy atom. The molecule has 1 aliphatic heterocycles. The summed E-state index contributed by atoms with van der Waals surface area (Å²) in [6.07, 6.45) is 1.65. The maximum Gasteiger partial charge on any atom is 0.309 e. The van der Waals surface area contributed by atoms with Crippen LogP contribution in [0.4, 0.5) is 0 Å².